The van der Waals surface area contributed by atoms with Gasteiger partial charge in [-0.1, -0.05) is 0 Å². The number of piperidine rings is 1. The molecule has 2 aliphatic heterocycles. The molecule has 3 aromatic rings. The zero-order valence-corrected chi connectivity index (χ0v) is 17.6. The number of rotatable bonds is 5. The number of fused-ring (bicyclic) bond motifs is 1. The van der Waals surface area contributed by atoms with Gasteiger partial charge in [0.15, 0.2) is 0 Å². The number of aromatic amines is 1. The number of hydrogen-bond acceptors (Lipinski definition) is 8. The van der Waals surface area contributed by atoms with Crippen LogP contribution in [0.5, 0.6) is 5.75 Å². The number of nitrogens with one attached hydrogen (secondary N) is 2. The predicted molar refractivity (Wildman–Crippen MR) is 119 cm³/mol. The number of hydrazone groups is 1. The number of anilines is 1. The Morgan fingerprint density at radius 3 is 2.77 bits per heavy atom. The lowest BCUT2D eigenvalue weighted by molar-refractivity contribution is 0.188. The molecule has 3 aliphatic rings. The second-order valence-electron chi connectivity index (χ2n) is 8.86. The summed E-state index contributed by atoms with van der Waals surface area (Å²) in [6, 6.07) is 8.61. The third kappa shape index (κ3) is 3.54. The SMILES string of the molecule is CC1(Oc2ccc3[nH]nc(-c4cc(N5CCC(N6CNC=N6)CC5)ncn4)c3c2)CC1. The third-order valence-electron chi connectivity index (χ3n) is 6.51. The summed E-state index contributed by atoms with van der Waals surface area (Å²) in [7, 11) is 0. The van der Waals surface area contributed by atoms with Crippen molar-refractivity contribution in [3.8, 4) is 17.1 Å². The summed E-state index contributed by atoms with van der Waals surface area (Å²) in [5.41, 5.74) is 2.62. The highest BCUT2D eigenvalue weighted by Crippen LogP contribution is 2.40. The van der Waals surface area contributed by atoms with Gasteiger partial charge in [0.1, 0.15) is 42.2 Å². The molecular weight excluding hydrogens is 392 g/mol. The number of hydrogen-bond donors (Lipinski definition) is 2. The highest BCUT2D eigenvalue weighted by molar-refractivity contribution is 5.93. The van der Waals surface area contributed by atoms with E-state index in [-0.39, 0.29) is 5.60 Å². The molecule has 2 aromatic heterocycles. The smallest absolute Gasteiger partial charge is 0.132 e. The zero-order chi connectivity index (χ0) is 20.8. The molecule has 160 valence electrons. The van der Waals surface area contributed by atoms with Gasteiger partial charge in [0.05, 0.1) is 17.3 Å². The van der Waals surface area contributed by atoms with E-state index in [0.29, 0.717) is 6.04 Å². The minimum absolute atomic E-state index is 0.0117. The molecule has 9 nitrogen and oxygen atoms in total. The minimum atomic E-state index is -0.0117. The van der Waals surface area contributed by atoms with Crippen molar-refractivity contribution in [2.24, 2.45) is 5.10 Å². The van der Waals surface area contributed by atoms with E-state index < -0.39 is 0 Å². The van der Waals surface area contributed by atoms with Crippen LogP contribution in [0.25, 0.3) is 22.3 Å². The Bertz CT molecular complexity index is 1130. The molecule has 4 heterocycles. The van der Waals surface area contributed by atoms with Crippen LogP contribution < -0.4 is 15.0 Å². The Kier molecular flexibility index (Phi) is 4.22. The summed E-state index contributed by atoms with van der Waals surface area (Å²) in [6.07, 6.45) is 7.74. The molecule has 0 spiro atoms. The molecule has 2 fully saturated rings. The van der Waals surface area contributed by atoms with Crippen molar-refractivity contribution in [2.75, 3.05) is 24.7 Å². The minimum Gasteiger partial charge on any atom is -0.488 e. The largest absolute Gasteiger partial charge is 0.488 e. The highest BCUT2D eigenvalue weighted by atomic mass is 16.5. The van der Waals surface area contributed by atoms with E-state index in [1.54, 1.807) is 12.7 Å². The lowest BCUT2D eigenvalue weighted by atomic mass is 10.0. The lowest BCUT2D eigenvalue weighted by Crippen LogP contribution is -2.43. The summed E-state index contributed by atoms with van der Waals surface area (Å²) in [4.78, 5) is 11.4. The monoisotopic (exact) mass is 418 g/mol. The molecule has 1 saturated carbocycles. The van der Waals surface area contributed by atoms with Crippen LogP contribution >= 0.6 is 0 Å². The maximum atomic E-state index is 6.15. The Balaban J connectivity index is 1.23. The molecule has 31 heavy (non-hydrogen) atoms. The lowest BCUT2D eigenvalue weighted by Gasteiger charge is -2.36. The average molecular weight is 419 g/mol. The quantitative estimate of drug-likeness (QED) is 0.658. The fourth-order valence-corrected chi connectivity index (χ4v) is 4.37. The molecule has 1 aromatic carbocycles. The van der Waals surface area contributed by atoms with Gasteiger partial charge in [0, 0.05) is 24.5 Å². The summed E-state index contributed by atoms with van der Waals surface area (Å²) < 4.78 is 6.15. The molecule has 0 bridgehead atoms. The fraction of sp³-hybridized carbons (Fsp3) is 0.455. The van der Waals surface area contributed by atoms with Gasteiger partial charge in [-0.2, -0.15) is 10.2 Å². The number of aromatic nitrogens is 4. The summed E-state index contributed by atoms with van der Waals surface area (Å²) in [5.74, 6) is 1.83. The summed E-state index contributed by atoms with van der Waals surface area (Å²) >= 11 is 0. The van der Waals surface area contributed by atoms with Crippen molar-refractivity contribution < 1.29 is 4.74 Å². The van der Waals surface area contributed by atoms with Gasteiger partial charge < -0.3 is 15.0 Å². The van der Waals surface area contributed by atoms with Gasteiger partial charge in [-0.3, -0.25) is 10.1 Å². The number of benzene rings is 1. The van der Waals surface area contributed by atoms with E-state index in [4.69, 9.17) is 4.74 Å². The molecule has 6 rings (SSSR count). The molecule has 0 radical (unpaired) electrons. The van der Waals surface area contributed by atoms with Crippen molar-refractivity contribution >= 4 is 23.1 Å². The van der Waals surface area contributed by atoms with Gasteiger partial charge in [-0.05, 0) is 50.8 Å². The van der Waals surface area contributed by atoms with Crippen molar-refractivity contribution in [3.05, 3.63) is 30.6 Å². The first-order valence-electron chi connectivity index (χ1n) is 10.9. The Morgan fingerprint density at radius 2 is 2.00 bits per heavy atom. The van der Waals surface area contributed by atoms with Crippen LogP contribution in [0, 0.1) is 0 Å². The van der Waals surface area contributed by atoms with E-state index >= 15 is 0 Å². The van der Waals surface area contributed by atoms with Crippen LogP contribution in [0.2, 0.25) is 0 Å². The number of nitrogens with zero attached hydrogens (tertiary/aromatic N) is 6. The fourth-order valence-electron chi connectivity index (χ4n) is 4.37. The van der Waals surface area contributed by atoms with Crippen molar-refractivity contribution in [1.29, 1.82) is 0 Å². The Hall–Kier alpha value is -3.36. The summed E-state index contributed by atoms with van der Waals surface area (Å²) in [6.45, 7) is 4.86. The molecule has 0 amide bonds. The second kappa shape index (κ2) is 7.11. The van der Waals surface area contributed by atoms with E-state index in [0.717, 1.165) is 79.3 Å². The van der Waals surface area contributed by atoms with Crippen molar-refractivity contribution in [2.45, 2.75) is 44.2 Å². The van der Waals surface area contributed by atoms with Crippen LogP contribution in [-0.4, -0.2) is 62.9 Å². The van der Waals surface area contributed by atoms with Gasteiger partial charge in [0.25, 0.3) is 0 Å². The predicted octanol–water partition coefficient (Wildman–Crippen LogP) is 2.73. The molecule has 9 heteroatoms. The van der Waals surface area contributed by atoms with Crippen LogP contribution in [-0.2, 0) is 0 Å². The van der Waals surface area contributed by atoms with E-state index in [2.05, 4.69) is 53.5 Å². The molecule has 1 aliphatic carbocycles. The third-order valence-corrected chi connectivity index (χ3v) is 6.51. The van der Waals surface area contributed by atoms with Crippen molar-refractivity contribution in [3.63, 3.8) is 0 Å². The number of H-pyrrole nitrogens is 1. The summed E-state index contributed by atoms with van der Waals surface area (Å²) in [5, 5.41) is 18.4. The van der Waals surface area contributed by atoms with Gasteiger partial charge in [-0.25, -0.2) is 9.97 Å². The average Bonchev–Trinajstić information content (AvgIpc) is 3.21. The molecular formula is C22H26N8O. The maximum absolute atomic E-state index is 6.15. The molecule has 1 saturated heterocycles. The van der Waals surface area contributed by atoms with Crippen molar-refractivity contribution in [1.82, 2.24) is 30.5 Å². The second-order valence-corrected chi connectivity index (χ2v) is 8.86. The highest BCUT2D eigenvalue weighted by Gasteiger charge is 2.40. The van der Waals surface area contributed by atoms with Gasteiger partial charge >= 0.3 is 0 Å². The topological polar surface area (TPSA) is 94.6 Å². The van der Waals surface area contributed by atoms with E-state index in [1.165, 1.54) is 0 Å². The van der Waals surface area contributed by atoms with E-state index in [9.17, 15) is 0 Å². The first-order chi connectivity index (χ1) is 15.2. The van der Waals surface area contributed by atoms with E-state index in [1.807, 2.05) is 18.2 Å². The van der Waals surface area contributed by atoms with Gasteiger partial charge in [-0.15, -0.1) is 0 Å². The first kappa shape index (κ1) is 18.4. The standard InChI is InChI=1S/C22H26N8O/c1-22(6-7-22)31-16-2-3-18-17(10-16)21(28-27-18)19-11-20(25-13-24-19)29-8-4-15(5-9-29)30-14-23-12-26-30/h2-3,10-13,15H,4-9,14H2,1H3,(H,23,26)(H,27,28). The van der Waals surface area contributed by atoms with Crippen LogP contribution in [0.4, 0.5) is 5.82 Å². The normalized spacial score (nSPS) is 20.3. The molecule has 0 atom stereocenters. The van der Waals surface area contributed by atoms with Crippen LogP contribution in [0.3, 0.4) is 0 Å². The molecule has 2 N–H and O–H groups in total. The zero-order valence-electron chi connectivity index (χ0n) is 17.6. The Morgan fingerprint density at radius 1 is 1.13 bits per heavy atom. The number of ether oxygens (including phenoxy) is 1. The Labute approximate surface area is 180 Å². The van der Waals surface area contributed by atoms with Gasteiger partial charge in [0.2, 0.25) is 0 Å². The first-order valence-corrected chi connectivity index (χ1v) is 10.9. The maximum Gasteiger partial charge on any atom is 0.132 e. The van der Waals surface area contributed by atoms with Crippen LogP contribution in [0.15, 0.2) is 35.7 Å². The molecule has 0 unspecified atom stereocenters. The van der Waals surface area contributed by atoms with Crippen LogP contribution in [0.1, 0.15) is 32.6 Å².